The summed E-state index contributed by atoms with van der Waals surface area (Å²) in [5.74, 6) is 0.444. The van der Waals surface area contributed by atoms with Gasteiger partial charge >= 0.3 is 0 Å². The minimum Gasteiger partial charge on any atom is -0.388 e. The molecule has 25 heavy (non-hydrogen) atoms. The number of hydrogen-bond donors (Lipinski definition) is 1. The van der Waals surface area contributed by atoms with Crippen LogP contribution in [-0.2, 0) is 9.78 Å². The molecule has 0 saturated heterocycles. The summed E-state index contributed by atoms with van der Waals surface area (Å²) in [5.41, 5.74) is 4.87. The molecular weight excluding hydrogens is 312 g/mol. The average Bonchev–Trinajstić information content (AvgIpc) is 2.62. The lowest BCUT2D eigenvalue weighted by molar-refractivity contribution is -0.222. The van der Waals surface area contributed by atoms with Crippen molar-refractivity contribution in [2.24, 2.45) is 4.99 Å². The summed E-state index contributed by atoms with van der Waals surface area (Å²) in [4.78, 5) is 14.1. The van der Waals surface area contributed by atoms with Crippen molar-refractivity contribution in [2.75, 3.05) is 19.0 Å². The Labute approximate surface area is 152 Å². The van der Waals surface area contributed by atoms with Gasteiger partial charge in [0.2, 0.25) is 5.90 Å². The van der Waals surface area contributed by atoms with Crippen molar-refractivity contribution < 1.29 is 9.78 Å². The molecule has 0 bridgehead atoms. The highest BCUT2D eigenvalue weighted by Gasteiger charge is 2.07. The van der Waals surface area contributed by atoms with Gasteiger partial charge in [0.25, 0.3) is 0 Å². The molecule has 0 amide bonds. The molecule has 1 rings (SSSR count). The van der Waals surface area contributed by atoms with Gasteiger partial charge in [0.15, 0.2) is 0 Å². The van der Waals surface area contributed by atoms with Crippen LogP contribution in [0.5, 0.6) is 0 Å². The van der Waals surface area contributed by atoms with E-state index in [2.05, 4.69) is 42.5 Å². The van der Waals surface area contributed by atoms with Gasteiger partial charge in [-0.15, -0.1) is 0 Å². The Kier molecular flexibility index (Phi) is 11.8. The third-order valence-corrected chi connectivity index (χ3v) is 3.16. The van der Waals surface area contributed by atoms with E-state index in [9.17, 15) is 0 Å². The summed E-state index contributed by atoms with van der Waals surface area (Å²) in [5, 5.41) is 3.17. The molecule has 0 saturated carbocycles. The monoisotopic (exact) mass is 344 g/mol. The lowest BCUT2D eigenvalue weighted by atomic mass is 9.97. The lowest BCUT2D eigenvalue weighted by Crippen LogP contribution is -2.01. The van der Waals surface area contributed by atoms with E-state index in [1.165, 1.54) is 5.56 Å². The first-order valence-corrected chi connectivity index (χ1v) is 8.67. The zero-order chi connectivity index (χ0) is 19.2. The standard InChI is InChI=1S/C19H26N2O2.C2H6/c1-7-12-22-23-17(5)21-11-10-15(3)16(4)18-13-14(2)8-9-19(18)20-6;1-2/h8-11,13,20H,3-4,7,12H2,1-2,5-6H3;1-2H3/b11-10-,21-17?;. The first-order valence-electron chi connectivity index (χ1n) is 8.67. The minimum absolute atomic E-state index is 0.444. The second-order valence-electron chi connectivity index (χ2n) is 5.17. The Balaban J connectivity index is 0.00000277. The molecule has 4 heteroatoms. The number of benzene rings is 1. The van der Waals surface area contributed by atoms with Crippen molar-refractivity contribution in [1.82, 2.24) is 0 Å². The number of aryl methyl sites for hydroxylation is 1. The topological polar surface area (TPSA) is 42.9 Å². The van der Waals surface area contributed by atoms with Gasteiger partial charge in [-0.1, -0.05) is 45.6 Å². The summed E-state index contributed by atoms with van der Waals surface area (Å²) >= 11 is 0. The van der Waals surface area contributed by atoms with Crippen molar-refractivity contribution in [3.8, 4) is 0 Å². The van der Waals surface area contributed by atoms with Crippen LogP contribution in [0.3, 0.4) is 0 Å². The molecule has 0 fully saturated rings. The van der Waals surface area contributed by atoms with Gasteiger partial charge in [-0.2, -0.15) is 4.89 Å². The van der Waals surface area contributed by atoms with Crippen molar-refractivity contribution in [3.05, 3.63) is 60.3 Å². The van der Waals surface area contributed by atoms with Crippen molar-refractivity contribution in [2.45, 2.75) is 41.0 Å². The maximum absolute atomic E-state index is 5.00. The molecule has 0 aromatic heterocycles. The molecular formula is C21H32N2O2. The normalized spacial score (nSPS) is 10.9. The molecule has 1 aromatic rings. The molecule has 0 unspecified atom stereocenters. The van der Waals surface area contributed by atoms with Crippen LogP contribution in [0.2, 0.25) is 0 Å². The number of rotatable bonds is 8. The van der Waals surface area contributed by atoms with Gasteiger partial charge in [-0.25, -0.2) is 4.99 Å². The van der Waals surface area contributed by atoms with Crippen LogP contribution in [0.4, 0.5) is 5.69 Å². The minimum atomic E-state index is 0.444. The van der Waals surface area contributed by atoms with E-state index in [4.69, 9.17) is 9.78 Å². The molecule has 4 nitrogen and oxygen atoms in total. The van der Waals surface area contributed by atoms with Gasteiger partial charge in [0.05, 0.1) is 6.61 Å². The fourth-order valence-electron chi connectivity index (χ4n) is 1.86. The van der Waals surface area contributed by atoms with E-state index in [1.54, 1.807) is 19.2 Å². The van der Waals surface area contributed by atoms with Gasteiger partial charge < -0.3 is 10.2 Å². The summed E-state index contributed by atoms with van der Waals surface area (Å²) in [7, 11) is 1.89. The van der Waals surface area contributed by atoms with Crippen LogP contribution in [0.25, 0.3) is 5.57 Å². The first kappa shape index (κ1) is 22.7. The number of allylic oxidation sites excluding steroid dienone is 3. The molecule has 0 heterocycles. The van der Waals surface area contributed by atoms with Crippen LogP contribution < -0.4 is 5.32 Å². The molecule has 0 radical (unpaired) electrons. The Morgan fingerprint density at radius 2 is 1.96 bits per heavy atom. The van der Waals surface area contributed by atoms with Crippen molar-refractivity contribution >= 4 is 17.2 Å². The number of nitrogens with zero attached hydrogens (tertiary/aromatic N) is 1. The zero-order valence-corrected chi connectivity index (χ0v) is 16.5. The summed E-state index contributed by atoms with van der Waals surface area (Å²) in [6.45, 7) is 18.5. The van der Waals surface area contributed by atoms with E-state index >= 15 is 0 Å². The summed E-state index contributed by atoms with van der Waals surface area (Å²) in [6.07, 6.45) is 4.33. The smallest absolute Gasteiger partial charge is 0.229 e. The molecule has 1 aromatic carbocycles. The van der Waals surface area contributed by atoms with Crippen molar-refractivity contribution in [3.63, 3.8) is 0 Å². The second kappa shape index (κ2) is 13.0. The van der Waals surface area contributed by atoms with E-state index in [-0.39, 0.29) is 0 Å². The number of nitrogens with one attached hydrogen (secondary N) is 1. The largest absolute Gasteiger partial charge is 0.388 e. The van der Waals surface area contributed by atoms with Gasteiger partial charge in [0.1, 0.15) is 0 Å². The molecule has 138 valence electrons. The highest BCUT2D eigenvalue weighted by atomic mass is 17.2. The summed E-state index contributed by atoms with van der Waals surface area (Å²) in [6, 6.07) is 6.18. The van der Waals surface area contributed by atoms with E-state index in [0.29, 0.717) is 12.5 Å². The van der Waals surface area contributed by atoms with Crippen LogP contribution in [-0.4, -0.2) is 19.6 Å². The van der Waals surface area contributed by atoms with Gasteiger partial charge in [-0.3, -0.25) is 0 Å². The maximum Gasteiger partial charge on any atom is 0.229 e. The van der Waals surface area contributed by atoms with Crippen molar-refractivity contribution in [1.29, 1.82) is 0 Å². The van der Waals surface area contributed by atoms with Crippen LogP contribution in [0.15, 0.2) is 54.2 Å². The number of anilines is 1. The lowest BCUT2D eigenvalue weighted by Gasteiger charge is -2.13. The molecule has 0 aliphatic rings. The molecule has 1 N–H and O–H groups in total. The van der Waals surface area contributed by atoms with Crippen LogP contribution in [0.1, 0.15) is 45.2 Å². The van der Waals surface area contributed by atoms with E-state index < -0.39 is 0 Å². The molecule has 0 aliphatic carbocycles. The maximum atomic E-state index is 5.00. The Morgan fingerprint density at radius 3 is 2.56 bits per heavy atom. The number of hydrogen-bond acceptors (Lipinski definition) is 4. The quantitative estimate of drug-likeness (QED) is 0.159. The third-order valence-electron chi connectivity index (χ3n) is 3.16. The Hall–Kier alpha value is -2.33. The molecule has 0 atom stereocenters. The average molecular weight is 344 g/mol. The second-order valence-corrected chi connectivity index (χ2v) is 5.17. The highest BCUT2D eigenvalue weighted by molar-refractivity contribution is 5.86. The fraction of sp³-hybridized carbons (Fsp3) is 0.381. The Morgan fingerprint density at radius 1 is 1.28 bits per heavy atom. The first-order chi connectivity index (χ1) is 12.0. The number of aliphatic imine (C=N–C) groups is 1. The fourth-order valence-corrected chi connectivity index (χ4v) is 1.86. The Bertz CT molecular complexity index is 616. The van der Waals surface area contributed by atoms with Crippen LogP contribution >= 0.6 is 0 Å². The predicted molar refractivity (Wildman–Crippen MR) is 110 cm³/mol. The molecule has 0 spiro atoms. The zero-order valence-electron chi connectivity index (χ0n) is 16.5. The predicted octanol–water partition coefficient (Wildman–Crippen LogP) is 5.92. The third kappa shape index (κ3) is 8.36. The highest BCUT2D eigenvalue weighted by Crippen LogP contribution is 2.28. The molecule has 0 aliphatic heterocycles. The van der Waals surface area contributed by atoms with Gasteiger partial charge in [-0.05, 0) is 42.7 Å². The van der Waals surface area contributed by atoms with Gasteiger partial charge in [0, 0.05) is 31.4 Å². The SMILES string of the molecule is C=C(/C=C\N=C(C)OOCCC)C(=C)c1cc(C)ccc1NC.CC. The van der Waals surface area contributed by atoms with E-state index in [1.807, 2.05) is 33.9 Å². The van der Waals surface area contributed by atoms with E-state index in [0.717, 1.165) is 28.8 Å². The van der Waals surface area contributed by atoms with Crippen LogP contribution in [0, 0.1) is 6.92 Å². The summed E-state index contributed by atoms with van der Waals surface area (Å²) < 4.78 is 0.